The lowest BCUT2D eigenvalue weighted by Gasteiger charge is -2.09. The van der Waals surface area contributed by atoms with Crippen molar-refractivity contribution in [1.29, 1.82) is 0 Å². The summed E-state index contributed by atoms with van der Waals surface area (Å²) < 4.78 is 1.90. The maximum absolute atomic E-state index is 13.0. The van der Waals surface area contributed by atoms with Crippen LogP contribution in [0.15, 0.2) is 54.6 Å². The third-order valence-corrected chi connectivity index (χ3v) is 5.17. The quantitative estimate of drug-likeness (QED) is 0.660. The first-order chi connectivity index (χ1) is 14.5. The van der Waals surface area contributed by atoms with Crippen LogP contribution in [0.4, 0.5) is 5.69 Å². The van der Waals surface area contributed by atoms with E-state index in [1.165, 1.54) is 0 Å². The first-order valence-electron chi connectivity index (χ1n) is 10.4. The maximum Gasteiger partial charge on any atom is 0.276 e. The Labute approximate surface area is 176 Å². The van der Waals surface area contributed by atoms with Crippen LogP contribution in [0, 0.1) is 0 Å². The SMILES string of the molecule is CC(C)NC(=O)Cc1ccc(NC(=O)c2nn(-c3ccccc3)c3c2CCC3)cc1. The van der Waals surface area contributed by atoms with Gasteiger partial charge in [-0.05, 0) is 62.9 Å². The van der Waals surface area contributed by atoms with E-state index < -0.39 is 0 Å². The average molecular weight is 402 g/mol. The van der Waals surface area contributed by atoms with Crippen molar-refractivity contribution in [3.05, 3.63) is 77.1 Å². The maximum atomic E-state index is 13.0. The third-order valence-electron chi connectivity index (χ3n) is 5.17. The van der Waals surface area contributed by atoms with Gasteiger partial charge < -0.3 is 10.6 Å². The Morgan fingerprint density at radius 3 is 2.47 bits per heavy atom. The molecule has 0 unspecified atom stereocenters. The number of hydrogen-bond acceptors (Lipinski definition) is 3. The van der Waals surface area contributed by atoms with Crippen molar-refractivity contribution >= 4 is 17.5 Å². The predicted molar refractivity (Wildman–Crippen MR) is 117 cm³/mol. The van der Waals surface area contributed by atoms with E-state index in [0.29, 0.717) is 17.8 Å². The van der Waals surface area contributed by atoms with Gasteiger partial charge >= 0.3 is 0 Å². The summed E-state index contributed by atoms with van der Waals surface area (Å²) in [4.78, 5) is 24.9. The minimum Gasteiger partial charge on any atom is -0.354 e. The van der Waals surface area contributed by atoms with Crippen LogP contribution < -0.4 is 10.6 Å². The first-order valence-corrected chi connectivity index (χ1v) is 10.4. The highest BCUT2D eigenvalue weighted by molar-refractivity contribution is 6.04. The molecule has 1 aliphatic rings. The molecule has 3 aromatic rings. The van der Waals surface area contributed by atoms with Crippen LogP contribution in [0.25, 0.3) is 5.69 Å². The molecule has 6 heteroatoms. The summed E-state index contributed by atoms with van der Waals surface area (Å²) in [5.41, 5.74) is 5.22. The van der Waals surface area contributed by atoms with Gasteiger partial charge in [-0.15, -0.1) is 0 Å². The number of nitrogens with zero attached hydrogens (tertiary/aromatic N) is 2. The summed E-state index contributed by atoms with van der Waals surface area (Å²) >= 11 is 0. The molecule has 0 fully saturated rings. The standard InChI is InChI=1S/C24H26N4O2/c1-16(2)25-22(29)15-17-11-13-18(14-12-17)26-24(30)23-20-9-6-10-21(20)28(27-23)19-7-4-3-5-8-19/h3-5,7-8,11-14,16H,6,9-10,15H2,1-2H3,(H,25,29)(H,26,30). The molecule has 1 aromatic heterocycles. The third kappa shape index (κ3) is 4.27. The predicted octanol–water partition coefficient (Wildman–Crippen LogP) is 3.68. The van der Waals surface area contributed by atoms with Crippen LogP contribution in [0.2, 0.25) is 0 Å². The lowest BCUT2D eigenvalue weighted by molar-refractivity contribution is -0.120. The summed E-state index contributed by atoms with van der Waals surface area (Å²) in [6, 6.07) is 17.4. The van der Waals surface area contributed by atoms with Gasteiger partial charge in [0.25, 0.3) is 5.91 Å². The lowest BCUT2D eigenvalue weighted by Crippen LogP contribution is -2.31. The molecule has 0 spiro atoms. The van der Waals surface area contributed by atoms with E-state index in [1.54, 1.807) is 0 Å². The average Bonchev–Trinajstić information content (AvgIpc) is 3.32. The number of amides is 2. The van der Waals surface area contributed by atoms with E-state index in [0.717, 1.165) is 41.8 Å². The number of rotatable bonds is 6. The fourth-order valence-electron chi connectivity index (χ4n) is 3.86. The van der Waals surface area contributed by atoms with Crippen molar-refractivity contribution in [2.45, 2.75) is 45.6 Å². The van der Waals surface area contributed by atoms with Crippen molar-refractivity contribution in [3.63, 3.8) is 0 Å². The molecule has 1 heterocycles. The normalized spacial score (nSPS) is 12.6. The van der Waals surface area contributed by atoms with Crippen LogP contribution >= 0.6 is 0 Å². The van der Waals surface area contributed by atoms with Crippen LogP contribution in [-0.4, -0.2) is 27.6 Å². The molecule has 2 amide bonds. The molecule has 0 aliphatic heterocycles. The molecular formula is C24H26N4O2. The number of nitrogens with one attached hydrogen (secondary N) is 2. The molecule has 30 heavy (non-hydrogen) atoms. The van der Waals surface area contributed by atoms with E-state index in [2.05, 4.69) is 15.7 Å². The monoisotopic (exact) mass is 402 g/mol. The van der Waals surface area contributed by atoms with Crippen LogP contribution in [-0.2, 0) is 24.1 Å². The van der Waals surface area contributed by atoms with Crippen molar-refractivity contribution in [2.75, 3.05) is 5.32 Å². The Morgan fingerprint density at radius 2 is 1.77 bits per heavy atom. The van der Waals surface area contributed by atoms with E-state index in [-0.39, 0.29) is 17.9 Å². The van der Waals surface area contributed by atoms with E-state index in [1.807, 2.05) is 73.1 Å². The van der Waals surface area contributed by atoms with Crippen LogP contribution in [0.1, 0.15) is 47.6 Å². The van der Waals surface area contributed by atoms with Gasteiger partial charge in [0, 0.05) is 23.0 Å². The lowest BCUT2D eigenvalue weighted by atomic mass is 10.1. The van der Waals surface area contributed by atoms with Crippen LogP contribution in [0.3, 0.4) is 0 Å². The minimum absolute atomic E-state index is 0.0104. The molecule has 0 bridgehead atoms. The highest BCUT2D eigenvalue weighted by Gasteiger charge is 2.27. The van der Waals surface area contributed by atoms with E-state index in [4.69, 9.17) is 0 Å². The van der Waals surface area contributed by atoms with Gasteiger partial charge in [0.2, 0.25) is 5.91 Å². The van der Waals surface area contributed by atoms with E-state index in [9.17, 15) is 9.59 Å². The molecule has 2 N–H and O–H groups in total. The number of carbonyl (C=O) groups excluding carboxylic acids is 2. The van der Waals surface area contributed by atoms with Gasteiger partial charge in [-0.3, -0.25) is 9.59 Å². The Balaban J connectivity index is 1.49. The Morgan fingerprint density at radius 1 is 1.03 bits per heavy atom. The molecule has 6 nitrogen and oxygen atoms in total. The highest BCUT2D eigenvalue weighted by Crippen LogP contribution is 2.28. The topological polar surface area (TPSA) is 76.0 Å². The van der Waals surface area contributed by atoms with Gasteiger partial charge in [0.1, 0.15) is 0 Å². The van der Waals surface area contributed by atoms with Gasteiger partial charge in [0.05, 0.1) is 12.1 Å². The molecular weight excluding hydrogens is 376 g/mol. The Hall–Kier alpha value is -3.41. The summed E-state index contributed by atoms with van der Waals surface area (Å²) in [5.74, 6) is -0.211. The zero-order valence-electron chi connectivity index (χ0n) is 17.3. The number of carbonyl (C=O) groups is 2. The number of benzene rings is 2. The van der Waals surface area contributed by atoms with Gasteiger partial charge in [-0.1, -0.05) is 30.3 Å². The summed E-state index contributed by atoms with van der Waals surface area (Å²) in [7, 11) is 0. The zero-order chi connectivity index (χ0) is 21.1. The number of aromatic nitrogens is 2. The molecule has 4 rings (SSSR count). The first kappa shape index (κ1) is 19.9. The Kier molecular flexibility index (Phi) is 5.65. The summed E-state index contributed by atoms with van der Waals surface area (Å²) in [6.07, 6.45) is 3.15. The molecule has 1 aliphatic carbocycles. The van der Waals surface area contributed by atoms with Crippen molar-refractivity contribution < 1.29 is 9.59 Å². The molecule has 2 aromatic carbocycles. The second-order valence-electron chi connectivity index (χ2n) is 7.92. The highest BCUT2D eigenvalue weighted by atomic mass is 16.2. The van der Waals surface area contributed by atoms with Crippen molar-refractivity contribution in [1.82, 2.24) is 15.1 Å². The van der Waals surface area contributed by atoms with Gasteiger partial charge in [0.15, 0.2) is 5.69 Å². The molecule has 0 saturated heterocycles. The minimum atomic E-state index is -0.201. The van der Waals surface area contributed by atoms with Gasteiger partial charge in [-0.2, -0.15) is 5.10 Å². The molecule has 154 valence electrons. The summed E-state index contributed by atoms with van der Waals surface area (Å²) in [5, 5.41) is 10.5. The zero-order valence-corrected chi connectivity index (χ0v) is 17.3. The van der Waals surface area contributed by atoms with Crippen LogP contribution in [0.5, 0.6) is 0 Å². The fraction of sp³-hybridized carbons (Fsp3) is 0.292. The molecule has 0 saturated carbocycles. The fourth-order valence-corrected chi connectivity index (χ4v) is 3.86. The number of anilines is 1. The number of fused-ring (bicyclic) bond motifs is 1. The van der Waals surface area contributed by atoms with Crippen molar-refractivity contribution in [3.8, 4) is 5.69 Å². The number of hydrogen-bond donors (Lipinski definition) is 2. The molecule has 0 atom stereocenters. The second-order valence-corrected chi connectivity index (χ2v) is 7.92. The van der Waals surface area contributed by atoms with Gasteiger partial charge in [-0.25, -0.2) is 4.68 Å². The number of para-hydroxylation sites is 1. The Bertz CT molecular complexity index is 1050. The molecule has 0 radical (unpaired) electrons. The van der Waals surface area contributed by atoms with Crippen molar-refractivity contribution in [2.24, 2.45) is 0 Å². The van der Waals surface area contributed by atoms with E-state index >= 15 is 0 Å². The smallest absolute Gasteiger partial charge is 0.276 e. The largest absolute Gasteiger partial charge is 0.354 e. The second kappa shape index (κ2) is 8.53. The summed E-state index contributed by atoms with van der Waals surface area (Å²) in [6.45, 7) is 3.87.